The van der Waals surface area contributed by atoms with Crippen LogP contribution < -0.4 is 0 Å². The molecule has 3 heteroatoms. The molecule has 0 spiro atoms. The fourth-order valence-corrected chi connectivity index (χ4v) is 2.14. The monoisotopic (exact) mass is 332 g/mol. The molecule has 0 saturated carbocycles. The molecule has 0 aliphatic rings. The predicted octanol–water partition coefficient (Wildman–Crippen LogP) is 6.14. The third kappa shape index (κ3) is 11.3. The molecule has 1 aromatic rings. The van der Waals surface area contributed by atoms with Crippen molar-refractivity contribution in [2.45, 2.75) is 50.3 Å². The Morgan fingerprint density at radius 1 is 1.11 bits per heavy atom. The summed E-state index contributed by atoms with van der Waals surface area (Å²) in [6.45, 7) is 2.25. The molecule has 0 N–H and O–H groups in total. The summed E-state index contributed by atoms with van der Waals surface area (Å²) < 4.78 is 0. The van der Waals surface area contributed by atoms with Gasteiger partial charge >= 0.3 is 27.0 Å². The third-order valence-corrected chi connectivity index (χ3v) is 3.25. The van der Waals surface area contributed by atoms with Crippen molar-refractivity contribution in [3.8, 4) is 0 Å². The summed E-state index contributed by atoms with van der Waals surface area (Å²) in [6.07, 6.45) is 10.1. The normalized spacial score (nSPS) is 10.2. The van der Waals surface area contributed by atoms with Gasteiger partial charge in [-0.3, -0.25) is 6.08 Å². The molecule has 0 atom stereocenters. The average Bonchev–Trinajstić information content (AvgIpc) is 2.45. The quantitative estimate of drug-likeness (QED) is 0.238. The van der Waals surface area contributed by atoms with Crippen molar-refractivity contribution in [1.82, 2.24) is 0 Å². The van der Waals surface area contributed by atoms with Gasteiger partial charge < -0.3 is 17.2 Å². The van der Waals surface area contributed by atoms with E-state index in [-0.39, 0.29) is 0 Å². The Morgan fingerprint density at radius 3 is 2.44 bits per heavy atom. The van der Waals surface area contributed by atoms with Crippen LogP contribution in [0.5, 0.6) is 0 Å². The van der Waals surface area contributed by atoms with E-state index in [1.54, 1.807) is 11.8 Å². The van der Waals surface area contributed by atoms with Gasteiger partial charge in [0.15, 0.2) is 0 Å². The molecule has 0 heterocycles. The van der Waals surface area contributed by atoms with Gasteiger partial charge in [-0.1, -0.05) is 75.8 Å². The molecule has 0 saturated heterocycles. The van der Waals surface area contributed by atoms with Gasteiger partial charge in [-0.25, -0.2) is 0 Å². The maximum absolute atomic E-state index is 4.76. The van der Waals surface area contributed by atoms with Gasteiger partial charge in [0.05, 0.1) is 0 Å². The van der Waals surface area contributed by atoms with E-state index in [9.17, 15) is 0 Å². The Labute approximate surface area is 130 Å². The van der Waals surface area contributed by atoms with Crippen molar-refractivity contribution in [2.24, 2.45) is 0 Å². The predicted molar refractivity (Wildman–Crippen MR) is 79.3 cm³/mol. The van der Waals surface area contributed by atoms with E-state index < -0.39 is 0 Å². The SMILES string of the molecule is CCCCCCCC=[C-]Sc1ccccc1.[Cl][Zn+]. The third-order valence-electron chi connectivity index (χ3n) is 2.46. The summed E-state index contributed by atoms with van der Waals surface area (Å²) in [5, 5.41) is 3.28. The Bertz CT molecular complexity index is 288. The molecule has 0 aliphatic carbocycles. The number of thioether (sulfide) groups is 1. The molecule has 0 bridgehead atoms. The molecule has 0 aromatic heterocycles. The first-order chi connectivity index (χ1) is 8.93. The molecule has 96 valence electrons. The van der Waals surface area contributed by atoms with Crippen LogP contribution in [0, 0.1) is 5.41 Å². The van der Waals surface area contributed by atoms with E-state index >= 15 is 0 Å². The molecule has 0 fully saturated rings. The van der Waals surface area contributed by atoms with Gasteiger partial charge in [-0.2, -0.15) is 0 Å². The molecule has 1 rings (SSSR count). The molecular weight excluding hydrogens is 313 g/mol. The van der Waals surface area contributed by atoms with Crippen LogP contribution in [0.1, 0.15) is 45.4 Å². The Kier molecular flexibility index (Phi) is 15.5. The minimum absolute atomic E-state index is 0.847. The minimum atomic E-state index is 0.847. The zero-order valence-corrected chi connectivity index (χ0v) is 15.7. The number of halogens is 1. The molecule has 18 heavy (non-hydrogen) atoms. The van der Waals surface area contributed by atoms with Crippen molar-refractivity contribution >= 4 is 21.5 Å². The van der Waals surface area contributed by atoms with Gasteiger partial charge in [-0.05, 0) is 4.90 Å². The first-order valence-electron chi connectivity index (χ1n) is 6.49. The van der Waals surface area contributed by atoms with Crippen molar-refractivity contribution in [1.29, 1.82) is 0 Å². The molecule has 1 aromatic carbocycles. The number of benzene rings is 1. The molecule has 0 nitrogen and oxygen atoms in total. The van der Waals surface area contributed by atoms with Crippen LogP contribution in [0.25, 0.3) is 0 Å². The summed E-state index contributed by atoms with van der Waals surface area (Å²) >= 11 is 2.53. The summed E-state index contributed by atoms with van der Waals surface area (Å²) in [7, 11) is 4.76. The van der Waals surface area contributed by atoms with E-state index in [1.165, 1.54) is 43.4 Å². The van der Waals surface area contributed by atoms with E-state index in [2.05, 4.69) is 42.7 Å². The van der Waals surface area contributed by atoms with Crippen molar-refractivity contribution in [3.05, 3.63) is 41.8 Å². The van der Waals surface area contributed by atoms with Gasteiger partial charge in [-0.15, -0.1) is 0 Å². The first-order valence-corrected chi connectivity index (χ1v) is 11.2. The van der Waals surface area contributed by atoms with Crippen LogP contribution in [0.3, 0.4) is 0 Å². The first kappa shape index (κ1) is 18.2. The molecule has 0 radical (unpaired) electrons. The Balaban J connectivity index is 0.00000137. The average molecular weight is 334 g/mol. The topological polar surface area (TPSA) is 0 Å². The number of allylic oxidation sites excluding steroid dienone is 1. The number of hydrogen-bond donors (Lipinski definition) is 0. The van der Waals surface area contributed by atoms with Crippen LogP contribution in [0.2, 0.25) is 0 Å². The van der Waals surface area contributed by atoms with Crippen LogP contribution in [-0.4, -0.2) is 0 Å². The van der Waals surface area contributed by atoms with E-state index in [4.69, 9.17) is 9.69 Å². The van der Waals surface area contributed by atoms with E-state index in [0.29, 0.717) is 0 Å². The Morgan fingerprint density at radius 2 is 1.78 bits per heavy atom. The van der Waals surface area contributed by atoms with Gasteiger partial charge in [0.2, 0.25) is 0 Å². The van der Waals surface area contributed by atoms with Crippen LogP contribution in [-0.2, 0) is 17.3 Å². The number of unbranched alkanes of at least 4 members (excludes halogenated alkanes) is 5. The molecule has 0 aliphatic heterocycles. The van der Waals surface area contributed by atoms with Gasteiger partial charge in [0.1, 0.15) is 0 Å². The van der Waals surface area contributed by atoms with Crippen LogP contribution >= 0.6 is 21.5 Å². The maximum atomic E-state index is 4.76. The van der Waals surface area contributed by atoms with E-state index in [1.807, 2.05) is 6.07 Å². The molecule has 0 unspecified atom stereocenters. The summed E-state index contributed by atoms with van der Waals surface area (Å²) in [5.74, 6) is 0. The van der Waals surface area contributed by atoms with Crippen LogP contribution in [0.4, 0.5) is 0 Å². The second kappa shape index (κ2) is 15.3. The second-order valence-electron chi connectivity index (χ2n) is 3.94. The van der Waals surface area contributed by atoms with Crippen molar-refractivity contribution in [2.75, 3.05) is 0 Å². The fourth-order valence-electron chi connectivity index (χ4n) is 1.51. The summed E-state index contributed by atoms with van der Waals surface area (Å²) in [6, 6.07) is 10.4. The van der Waals surface area contributed by atoms with Crippen molar-refractivity contribution < 1.29 is 17.3 Å². The van der Waals surface area contributed by atoms with E-state index in [0.717, 1.165) is 17.3 Å². The van der Waals surface area contributed by atoms with Gasteiger partial charge in [0.25, 0.3) is 0 Å². The molecular formula is C15H21ClSZn. The second-order valence-corrected chi connectivity index (χ2v) is 4.85. The molecule has 0 amide bonds. The van der Waals surface area contributed by atoms with Crippen LogP contribution in [0.15, 0.2) is 41.3 Å². The van der Waals surface area contributed by atoms with Crippen molar-refractivity contribution in [3.63, 3.8) is 0 Å². The van der Waals surface area contributed by atoms with Gasteiger partial charge in [0, 0.05) is 0 Å². The summed E-state index contributed by atoms with van der Waals surface area (Å²) in [5.41, 5.74) is 0. The fraction of sp³-hybridized carbons (Fsp3) is 0.467. The summed E-state index contributed by atoms with van der Waals surface area (Å²) in [4.78, 5) is 1.27. The Hall–Kier alpha value is 0.223. The zero-order chi connectivity index (χ0) is 13.5. The standard InChI is InChI=1S/C15H21S.ClH.Zn/c1-2-3-4-5-6-7-11-14-16-15-12-9-8-10-13-15;;/h8-13H,2-7H2,1H3;1H;/q-1;;+2/p-1. The number of rotatable bonds is 8. The zero-order valence-electron chi connectivity index (χ0n) is 11.2. The number of hydrogen-bond acceptors (Lipinski definition) is 1.